The zero-order chi connectivity index (χ0) is 8.86. The summed E-state index contributed by atoms with van der Waals surface area (Å²) in [7, 11) is 0. The molecular formula is C5H4F4O2. The molecule has 0 N–H and O–H groups in total. The van der Waals surface area contributed by atoms with Crippen molar-refractivity contribution < 1.29 is 27.1 Å². The molecule has 0 aromatic heterocycles. The Kier molecular flexibility index (Phi) is 1.40. The van der Waals surface area contributed by atoms with Crippen molar-refractivity contribution in [2.24, 2.45) is 0 Å². The summed E-state index contributed by atoms with van der Waals surface area (Å²) in [5.74, 6) is -11.2. The van der Waals surface area contributed by atoms with Gasteiger partial charge < -0.3 is 4.74 Å². The molecule has 6 heteroatoms. The third-order valence-electron chi connectivity index (χ3n) is 1.47. The van der Waals surface area contributed by atoms with E-state index in [4.69, 9.17) is 0 Å². The molecule has 0 saturated carbocycles. The monoisotopic (exact) mass is 172 g/mol. The first-order valence-electron chi connectivity index (χ1n) is 2.77. The maximum absolute atomic E-state index is 12.3. The average Bonchev–Trinajstić information content (AvgIpc) is 1.95. The first kappa shape index (κ1) is 8.29. The molecule has 1 atom stereocenters. The maximum atomic E-state index is 12.3. The Hall–Kier alpha value is -0.810. The molecule has 0 unspecified atom stereocenters. The first-order chi connectivity index (χ1) is 4.80. The summed E-state index contributed by atoms with van der Waals surface area (Å²) < 4.78 is 52.5. The van der Waals surface area contributed by atoms with Crippen LogP contribution in [0.2, 0.25) is 0 Å². The molecule has 1 aliphatic rings. The zero-order valence-electron chi connectivity index (χ0n) is 5.41. The lowest BCUT2D eigenvalue weighted by Gasteiger charge is -2.15. The fraction of sp³-hybridized carbons (Fsp3) is 0.800. The van der Waals surface area contributed by atoms with Crippen LogP contribution in [0.1, 0.15) is 6.92 Å². The third kappa shape index (κ3) is 0.812. The number of hydrogen-bond donors (Lipinski definition) is 0. The Morgan fingerprint density at radius 1 is 1.36 bits per heavy atom. The highest BCUT2D eigenvalue weighted by atomic mass is 19.3. The lowest BCUT2D eigenvalue weighted by atomic mass is 10.1. The van der Waals surface area contributed by atoms with E-state index in [1.807, 2.05) is 0 Å². The van der Waals surface area contributed by atoms with Gasteiger partial charge in [-0.15, -0.1) is 0 Å². The van der Waals surface area contributed by atoms with Crippen molar-refractivity contribution in [1.29, 1.82) is 0 Å². The van der Waals surface area contributed by atoms with E-state index in [9.17, 15) is 22.4 Å². The summed E-state index contributed by atoms with van der Waals surface area (Å²) in [4.78, 5) is 10.1. The minimum atomic E-state index is -4.67. The first-order valence-corrected chi connectivity index (χ1v) is 2.77. The smallest absolute Gasteiger partial charge is 0.408 e. The molecule has 2 nitrogen and oxygen atoms in total. The summed E-state index contributed by atoms with van der Waals surface area (Å²) in [5.41, 5.74) is 0. The molecule has 1 fully saturated rings. The highest BCUT2D eigenvalue weighted by molar-refractivity contribution is 5.81. The summed E-state index contributed by atoms with van der Waals surface area (Å²) >= 11 is 0. The fourth-order valence-electron chi connectivity index (χ4n) is 0.700. The Labute approximate surface area is 59.1 Å². The highest BCUT2D eigenvalue weighted by Crippen LogP contribution is 2.44. The average molecular weight is 172 g/mol. The number of ether oxygens (including phenoxy) is 1. The molecule has 0 amide bonds. The van der Waals surface area contributed by atoms with Gasteiger partial charge in [-0.25, -0.2) is 4.79 Å². The third-order valence-corrected chi connectivity index (χ3v) is 1.47. The van der Waals surface area contributed by atoms with Crippen LogP contribution in [0.25, 0.3) is 0 Å². The molecule has 11 heavy (non-hydrogen) atoms. The van der Waals surface area contributed by atoms with Gasteiger partial charge in [0.25, 0.3) is 0 Å². The fourth-order valence-corrected chi connectivity index (χ4v) is 0.700. The van der Waals surface area contributed by atoms with Crippen molar-refractivity contribution in [2.75, 3.05) is 0 Å². The number of rotatable bonds is 0. The van der Waals surface area contributed by atoms with Crippen LogP contribution in [0.5, 0.6) is 0 Å². The molecule has 0 aliphatic carbocycles. The number of halogens is 4. The molecular weight excluding hydrogens is 168 g/mol. The number of hydrogen-bond acceptors (Lipinski definition) is 2. The molecule has 0 bridgehead atoms. The Morgan fingerprint density at radius 2 is 1.82 bits per heavy atom. The second-order valence-corrected chi connectivity index (χ2v) is 2.24. The Bertz CT molecular complexity index is 201. The molecule has 0 radical (unpaired) electrons. The predicted octanol–water partition coefficient (Wildman–Crippen LogP) is 1.20. The van der Waals surface area contributed by atoms with E-state index >= 15 is 0 Å². The van der Waals surface area contributed by atoms with Gasteiger partial charge in [-0.3, -0.25) is 0 Å². The van der Waals surface area contributed by atoms with E-state index in [0.717, 1.165) is 6.92 Å². The number of carbonyl (C=O) groups excluding carboxylic acids is 1. The second-order valence-electron chi connectivity index (χ2n) is 2.24. The van der Waals surface area contributed by atoms with Crippen LogP contribution in [0.3, 0.4) is 0 Å². The quantitative estimate of drug-likeness (QED) is 0.405. The van der Waals surface area contributed by atoms with Gasteiger partial charge in [0, 0.05) is 0 Å². The number of esters is 1. The van der Waals surface area contributed by atoms with Crippen LogP contribution in [0.15, 0.2) is 0 Å². The van der Waals surface area contributed by atoms with Crippen molar-refractivity contribution in [1.82, 2.24) is 0 Å². The van der Waals surface area contributed by atoms with Crippen LogP contribution in [0, 0.1) is 0 Å². The molecule has 1 rings (SSSR count). The minimum absolute atomic E-state index is 0.721. The topological polar surface area (TPSA) is 26.3 Å². The van der Waals surface area contributed by atoms with E-state index in [1.165, 1.54) is 0 Å². The maximum Gasteiger partial charge on any atom is 0.408 e. The van der Waals surface area contributed by atoms with Gasteiger partial charge in [-0.1, -0.05) is 0 Å². The standard InChI is InChI=1S/C5H4F4O2/c1-2-4(6,7)5(8,9)3(10)11-2/h2H,1H3/t2-/m1/s1. The van der Waals surface area contributed by atoms with Crippen LogP contribution >= 0.6 is 0 Å². The van der Waals surface area contributed by atoms with Gasteiger partial charge in [-0.2, -0.15) is 17.6 Å². The van der Waals surface area contributed by atoms with Crippen molar-refractivity contribution in [3.8, 4) is 0 Å². The summed E-state index contributed by atoms with van der Waals surface area (Å²) in [5, 5.41) is 0. The summed E-state index contributed by atoms with van der Waals surface area (Å²) in [6.07, 6.45) is -2.05. The van der Waals surface area contributed by atoms with Crippen LogP contribution < -0.4 is 0 Å². The van der Waals surface area contributed by atoms with Gasteiger partial charge in [0.05, 0.1) is 0 Å². The van der Waals surface area contributed by atoms with Crippen LogP contribution in [-0.2, 0) is 9.53 Å². The van der Waals surface area contributed by atoms with Crippen LogP contribution in [-0.4, -0.2) is 23.9 Å². The molecule has 0 spiro atoms. The van der Waals surface area contributed by atoms with Crippen molar-refractivity contribution in [2.45, 2.75) is 24.9 Å². The van der Waals surface area contributed by atoms with Crippen molar-refractivity contribution in [3.63, 3.8) is 0 Å². The molecule has 1 heterocycles. The Balaban J connectivity index is 3.04. The van der Waals surface area contributed by atoms with Gasteiger partial charge >= 0.3 is 17.8 Å². The lowest BCUT2D eigenvalue weighted by Crippen LogP contribution is -2.43. The molecule has 0 aromatic carbocycles. The van der Waals surface area contributed by atoms with E-state index in [2.05, 4.69) is 4.74 Å². The van der Waals surface area contributed by atoms with Gasteiger partial charge in [0.15, 0.2) is 6.10 Å². The normalized spacial score (nSPS) is 33.5. The van der Waals surface area contributed by atoms with E-state index in [0.29, 0.717) is 0 Å². The molecule has 64 valence electrons. The number of carbonyl (C=O) groups is 1. The number of alkyl halides is 4. The molecule has 1 saturated heterocycles. The van der Waals surface area contributed by atoms with Gasteiger partial charge in [-0.05, 0) is 6.92 Å². The zero-order valence-corrected chi connectivity index (χ0v) is 5.41. The SMILES string of the molecule is C[C@H]1OC(=O)C(F)(F)C1(F)F. The Morgan fingerprint density at radius 3 is 1.91 bits per heavy atom. The van der Waals surface area contributed by atoms with Crippen molar-refractivity contribution >= 4 is 5.97 Å². The van der Waals surface area contributed by atoms with Crippen molar-refractivity contribution in [3.05, 3.63) is 0 Å². The van der Waals surface area contributed by atoms with E-state index < -0.39 is 23.9 Å². The molecule has 0 aromatic rings. The summed E-state index contributed by atoms with van der Waals surface area (Å²) in [6, 6.07) is 0. The van der Waals surface area contributed by atoms with Gasteiger partial charge in [0.2, 0.25) is 0 Å². The highest BCUT2D eigenvalue weighted by Gasteiger charge is 2.72. The number of cyclic esters (lactones) is 1. The van der Waals surface area contributed by atoms with E-state index in [-0.39, 0.29) is 0 Å². The predicted molar refractivity (Wildman–Crippen MR) is 25.4 cm³/mol. The van der Waals surface area contributed by atoms with E-state index in [1.54, 1.807) is 0 Å². The minimum Gasteiger partial charge on any atom is -0.451 e. The molecule has 1 aliphatic heterocycles. The lowest BCUT2D eigenvalue weighted by molar-refractivity contribution is -0.192. The second kappa shape index (κ2) is 1.86. The van der Waals surface area contributed by atoms with Crippen LogP contribution in [0.4, 0.5) is 17.6 Å². The largest absolute Gasteiger partial charge is 0.451 e. The van der Waals surface area contributed by atoms with Gasteiger partial charge in [0.1, 0.15) is 0 Å². The summed E-state index contributed by atoms with van der Waals surface area (Å²) in [6.45, 7) is 0.721.